The first-order chi connectivity index (χ1) is 16.4. The van der Waals surface area contributed by atoms with Crippen molar-refractivity contribution in [2.45, 2.75) is 6.92 Å². The van der Waals surface area contributed by atoms with Crippen molar-refractivity contribution in [2.75, 3.05) is 38.0 Å². The van der Waals surface area contributed by atoms with Crippen molar-refractivity contribution < 1.29 is 19.1 Å². The summed E-state index contributed by atoms with van der Waals surface area (Å²) in [5, 5.41) is 6.81. The zero-order chi connectivity index (χ0) is 24.5. The van der Waals surface area contributed by atoms with Gasteiger partial charge in [-0.05, 0) is 61.0 Å². The summed E-state index contributed by atoms with van der Waals surface area (Å²) in [6, 6.07) is 19.9. The van der Waals surface area contributed by atoms with Gasteiger partial charge in [-0.25, -0.2) is 5.43 Å². The summed E-state index contributed by atoms with van der Waals surface area (Å²) >= 11 is 0. The topological polar surface area (TPSA) is 92.3 Å². The minimum absolute atomic E-state index is 0.167. The van der Waals surface area contributed by atoms with Gasteiger partial charge in [0.15, 0.2) is 18.1 Å². The number of carbonyl (C=O) groups excluding carboxylic acids is 2. The highest BCUT2D eigenvalue weighted by Gasteiger charge is 2.09. The van der Waals surface area contributed by atoms with E-state index in [1.807, 2.05) is 62.3 Å². The molecule has 8 nitrogen and oxygen atoms in total. The number of methoxy groups -OCH3 is 1. The summed E-state index contributed by atoms with van der Waals surface area (Å²) in [4.78, 5) is 26.5. The van der Waals surface area contributed by atoms with Gasteiger partial charge in [0.2, 0.25) is 0 Å². The van der Waals surface area contributed by atoms with Crippen molar-refractivity contribution in [2.24, 2.45) is 5.10 Å². The normalized spacial score (nSPS) is 10.6. The van der Waals surface area contributed by atoms with E-state index in [2.05, 4.69) is 15.8 Å². The number of carbonyl (C=O) groups is 2. The largest absolute Gasteiger partial charge is 0.493 e. The van der Waals surface area contributed by atoms with Crippen LogP contribution in [0.25, 0.3) is 0 Å². The van der Waals surface area contributed by atoms with E-state index < -0.39 is 0 Å². The molecule has 0 aliphatic heterocycles. The molecule has 2 N–H and O–H groups in total. The molecule has 0 radical (unpaired) electrons. The Kier molecular flexibility index (Phi) is 8.23. The van der Waals surface area contributed by atoms with Gasteiger partial charge < -0.3 is 19.7 Å². The van der Waals surface area contributed by atoms with Gasteiger partial charge >= 0.3 is 0 Å². The van der Waals surface area contributed by atoms with Gasteiger partial charge in [-0.2, -0.15) is 5.10 Å². The Bertz CT molecular complexity index is 1170. The summed E-state index contributed by atoms with van der Waals surface area (Å²) in [5.41, 5.74) is 6.45. The van der Waals surface area contributed by atoms with Crippen LogP contribution in [0, 0.1) is 6.92 Å². The fraction of sp³-hybridized carbons (Fsp3) is 0.192. The van der Waals surface area contributed by atoms with E-state index in [-0.39, 0.29) is 18.4 Å². The average molecular weight is 461 g/mol. The van der Waals surface area contributed by atoms with Crippen LogP contribution in [0.5, 0.6) is 11.5 Å². The van der Waals surface area contributed by atoms with E-state index in [1.165, 1.54) is 13.3 Å². The molecule has 0 aliphatic carbocycles. The fourth-order valence-electron chi connectivity index (χ4n) is 3.02. The van der Waals surface area contributed by atoms with Gasteiger partial charge in [-0.3, -0.25) is 9.59 Å². The molecule has 0 spiro atoms. The number of nitrogens with zero attached hydrogens (tertiary/aromatic N) is 2. The monoisotopic (exact) mass is 460 g/mol. The summed E-state index contributed by atoms with van der Waals surface area (Å²) in [6.07, 6.45) is 1.50. The van der Waals surface area contributed by atoms with Crippen LogP contribution in [0.1, 0.15) is 21.5 Å². The van der Waals surface area contributed by atoms with Crippen molar-refractivity contribution >= 4 is 29.4 Å². The van der Waals surface area contributed by atoms with Gasteiger partial charge in [0.25, 0.3) is 11.8 Å². The summed E-state index contributed by atoms with van der Waals surface area (Å²) in [6.45, 7) is 1.81. The smallest absolute Gasteiger partial charge is 0.271 e. The van der Waals surface area contributed by atoms with Gasteiger partial charge in [0.05, 0.1) is 13.3 Å². The summed E-state index contributed by atoms with van der Waals surface area (Å²) < 4.78 is 11.0. The van der Waals surface area contributed by atoms with Crippen LogP contribution in [0.15, 0.2) is 71.8 Å². The molecular formula is C26H28N4O4. The quantitative estimate of drug-likeness (QED) is 0.374. The number of ether oxygens (including phenoxy) is 2. The molecule has 34 heavy (non-hydrogen) atoms. The molecule has 3 aromatic carbocycles. The minimum Gasteiger partial charge on any atom is -0.493 e. The SMILES string of the molecule is COc1cc(/C=N/NC(=O)c2cccc(N(C)C)c2)ccc1OCC(=O)Nc1ccc(C)cc1. The maximum Gasteiger partial charge on any atom is 0.271 e. The first-order valence-electron chi connectivity index (χ1n) is 10.6. The summed E-state index contributed by atoms with van der Waals surface area (Å²) in [7, 11) is 5.33. The molecular weight excluding hydrogens is 432 g/mol. The number of aryl methyl sites for hydroxylation is 1. The molecule has 0 saturated heterocycles. The molecule has 176 valence electrons. The third kappa shape index (κ3) is 6.83. The number of benzene rings is 3. The predicted molar refractivity (Wildman–Crippen MR) is 134 cm³/mol. The fourth-order valence-corrected chi connectivity index (χ4v) is 3.02. The zero-order valence-electron chi connectivity index (χ0n) is 19.7. The molecule has 2 amide bonds. The van der Waals surface area contributed by atoms with E-state index in [0.717, 1.165) is 11.3 Å². The Morgan fingerprint density at radius 3 is 2.47 bits per heavy atom. The molecule has 8 heteroatoms. The standard InChI is InChI=1S/C26H28N4O4/c1-18-8-11-21(12-9-18)28-25(31)17-34-23-13-10-19(14-24(23)33-4)16-27-29-26(32)20-6-5-7-22(15-20)30(2)3/h5-16H,17H2,1-4H3,(H,28,31)(H,29,32)/b27-16+. The molecule has 0 unspecified atom stereocenters. The number of nitrogens with one attached hydrogen (secondary N) is 2. The number of anilines is 2. The molecule has 3 aromatic rings. The zero-order valence-corrected chi connectivity index (χ0v) is 19.7. The molecule has 0 aromatic heterocycles. The van der Waals surface area contributed by atoms with Crippen LogP contribution in [0.4, 0.5) is 11.4 Å². The predicted octanol–water partition coefficient (Wildman–Crippen LogP) is 3.85. The first kappa shape index (κ1) is 24.3. The third-order valence-electron chi connectivity index (χ3n) is 4.89. The van der Waals surface area contributed by atoms with Crippen LogP contribution < -0.4 is 25.1 Å². The third-order valence-corrected chi connectivity index (χ3v) is 4.89. The van der Waals surface area contributed by atoms with Crippen molar-refractivity contribution in [3.05, 3.63) is 83.4 Å². The second-order valence-electron chi connectivity index (χ2n) is 7.76. The maximum atomic E-state index is 12.4. The van der Waals surface area contributed by atoms with Gasteiger partial charge in [-0.15, -0.1) is 0 Å². The van der Waals surface area contributed by atoms with Crippen molar-refractivity contribution in [1.29, 1.82) is 0 Å². The van der Waals surface area contributed by atoms with Crippen molar-refractivity contribution in [1.82, 2.24) is 5.43 Å². The van der Waals surface area contributed by atoms with Crippen LogP contribution >= 0.6 is 0 Å². The van der Waals surface area contributed by atoms with Crippen LogP contribution in [-0.2, 0) is 4.79 Å². The molecule has 3 rings (SSSR count). The Balaban J connectivity index is 1.57. The Hall–Kier alpha value is -4.33. The number of rotatable bonds is 9. The molecule has 0 bridgehead atoms. The molecule has 0 aliphatic rings. The number of hydrogen-bond donors (Lipinski definition) is 2. The van der Waals surface area contributed by atoms with E-state index in [1.54, 1.807) is 30.3 Å². The van der Waals surface area contributed by atoms with Gasteiger partial charge in [-0.1, -0.05) is 23.8 Å². The highest BCUT2D eigenvalue weighted by atomic mass is 16.5. The average Bonchev–Trinajstić information content (AvgIpc) is 2.84. The van der Waals surface area contributed by atoms with Gasteiger partial charge in [0, 0.05) is 31.0 Å². The second-order valence-corrected chi connectivity index (χ2v) is 7.76. The number of amides is 2. The lowest BCUT2D eigenvalue weighted by Crippen LogP contribution is -2.20. The van der Waals surface area contributed by atoms with E-state index >= 15 is 0 Å². The van der Waals surface area contributed by atoms with Crippen LogP contribution in [0.3, 0.4) is 0 Å². The van der Waals surface area contributed by atoms with Gasteiger partial charge in [0.1, 0.15) is 0 Å². The number of hydrogen-bond acceptors (Lipinski definition) is 6. The molecule has 0 fully saturated rings. The number of hydrazone groups is 1. The first-order valence-corrected chi connectivity index (χ1v) is 10.6. The van der Waals surface area contributed by atoms with E-state index in [9.17, 15) is 9.59 Å². The molecule has 0 saturated carbocycles. The Morgan fingerprint density at radius 2 is 1.76 bits per heavy atom. The lowest BCUT2D eigenvalue weighted by atomic mass is 10.2. The molecule has 0 heterocycles. The lowest BCUT2D eigenvalue weighted by molar-refractivity contribution is -0.118. The highest BCUT2D eigenvalue weighted by Crippen LogP contribution is 2.27. The van der Waals surface area contributed by atoms with E-state index in [0.29, 0.717) is 28.3 Å². The highest BCUT2D eigenvalue weighted by molar-refractivity contribution is 5.96. The second kappa shape index (κ2) is 11.5. The van der Waals surface area contributed by atoms with Crippen molar-refractivity contribution in [3.63, 3.8) is 0 Å². The maximum absolute atomic E-state index is 12.4. The van der Waals surface area contributed by atoms with Crippen molar-refractivity contribution in [3.8, 4) is 11.5 Å². The minimum atomic E-state index is -0.313. The Morgan fingerprint density at radius 1 is 1.00 bits per heavy atom. The van der Waals surface area contributed by atoms with Crippen LogP contribution in [0.2, 0.25) is 0 Å². The lowest BCUT2D eigenvalue weighted by Gasteiger charge is -2.13. The molecule has 0 atom stereocenters. The Labute approximate surface area is 199 Å². The van der Waals surface area contributed by atoms with Crippen LogP contribution in [-0.4, -0.2) is 45.8 Å². The van der Waals surface area contributed by atoms with E-state index in [4.69, 9.17) is 9.47 Å². The summed E-state index contributed by atoms with van der Waals surface area (Å²) in [5.74, 6) is 0.268.